The highest BCUT2D eigenvalue weighted by Crippen LogP contribution is 2.22. The molecule has 0 fully saturated rings. The van der Waals surface area contributed by atoms with Gasteiger partial charge in [-0.05, 0) is 12.5 Å². The van der Waals surface area contributed by atoms with E-state index in [1.165, 1.54) is 0 Å². The molecule has 6 nitrogen and oxygen atoms in total. The number of anilines is 1. The number of hydrogen-bond acceptors (Lipinski definition) is 4. The monoisotopic (exact) mass is 315 g/mol. The number of carbonyl (C=O) groups excluding carboxylic acids is 1. The lowest BCUT2D eigenvalue weighted by molar-refractivity contribution is 0.0784. The molecule has 0 saturated heterocycles. The molecule has 0 atom stereocenters. The summed E-state index contributed by atoms with van der Waals surface area (Å²) in [5.41, 5.74) is 2.53. The third kappa shape index (κ3) is 3.88. The van der Waals surface area contributed by atoms with Crippen LogP contribution in [0.5, 0.6) is 0 Å². The summed E-state index contributed by atoms with van der Waals surface area (Å²) < 4.78 is 1.86. The molecule has 0 unspecified atom stereocenters. The molecule has 0 N–H and O–H groups in total. The molecule has 0 bridgehead atoms. The molecular weight excluding hydrogens is 290 g/mol. The van der Waals surface area contributed by atoms with Crippen LogP contribution < -0.4 is 4.90 Å². The van der Waals surface area contributed by atoms with Gasteiger partial charge in [-0.1, -0.05) is 13.3 Å². The average Bonchev–Trinajstić information content (AvgIpc) is 2.93. The number of unbranched alkanes of at least 4 members (excludes halogenated alkanes) is 1. The topological polar surface area (TPSA) is 54.3 Å². The highest BCUT2D eigenvalue weighted by atomic mass is 16.2. The van der Waals surface area contributed by atoms with Crippen LogP contribution >= 0.6 is 0 Å². The molecule has 124 valence electrons. The van der Waals surface area contributed by atoms with Crippen molar-refractivity contribution in [3.63, 3.8) is 0 Å². The van der Waals surface area contributed by atoms with Gasteiger partial charge in [0.2, 0.25) is 5.95 Å². The number of rotatable bonds is 6. The van der Waals surface area contributed by atoms with Crippen molar-refractivity contribution in [2.45, 2.75) is 19.8 Å². The highest BCUT2D eigenvalue weighted by Gasteiger charge is 2.16. The van der Waals surface area contributed by atoms with Crippen molar-refractivity contribution in [1.29, 1.82) is 0 Å². The lowest BCUT2D eigenvalue weighted by Gasteiger charge is -2.16. The molecule has 23 heavy (non-hydrogen) atoms. The summed E-state index contributed by atoms with van der Waals surface area (Å²) in [4.78, 5) is 24.8. The van der Waals surface area contributed by atoms with E-state index in [2.05, 4.69) is 16.9 Å². The predicted molar refractivity (Wildman–Crippen MR) is 92.6 cm³/mol. The van der Waals surface area contributed by atoms with Crippen molar-refractivity contribution in [2.75, 3.05) is 32.6 Å². The molecular formula is C17H25N5O. The molecule has 0 aliphatic rings. The minimum Gasteiger partial charge on any atom is -0.347 e. The number of nitrogens with zero attached hydrogens (tertiary/aromatic N) is 5. The van der Waals surface area contributed by atoms with Crippen LogP contribution in [0.2, 0.25) is 0 Å². The van der Waals surface area contributed by atoms with E-state index in [1.807, 2.05) is 49.9 Å². The molecule has 2 aromatic heterocycles. The van der Waals surface area contributed by atoms with Gasteiger partial charge in [-0.3, -0.25) is 4.79 Å². The molecule has 0 aromatic carbocycles. The minimum atomic E-state index is 0.0398. The quantitative estimate of drug-likeness (QED) is 0.821. The highest BCUT2D eigenvalue weighted by molar-refractivity contribution is 5.94. The van der Waals surface area contributed by atoms with Crippen molar-refractivity contribution in [3.05, 3.63) is 30.4 Å². The van der Waals surface area contributed by atoms with Gasteiger partial charge in [-0.2, -0.15) is 0 Å². The van der Waals surface area contributed by atoms with Crippen LogP contribution in [0.3, 0.4) is 0 Å². The Balaban J connectivity index is 2.22. The third-order valence-corrected chi connectivity index (χ3v) is 3.79. The van der Waals surface area contributed by atoms with Crippen molar-refractivity contribution in [1.82, 2.24) is 19.4 Å². The zero-order chi connectivity index (χ0) is 17.0. The molecule has 1 amide bonds. The van der Waals surface area contributed by atoms with E-state index in [0.29, 0.717) is 11.6 Å². The van der Waals surface area contributed by atoms with Gasteiger partial charge in [0.05, 0.1) is 0 Å². The Morgan fingerprint density at radius 1 is 1.17 bits per heavy atom. The van der Waals surface area contributed by atoms with Gasteiger partial charge in [0, 0.05) is 64.5 Å². The van der Waals surface area contributed by atoms with Gasteiger partial charge in [-0.25, -0.2) is 9.97 Å². The van der Waals surface area contributed by atoms with Crippen LogP contribution in [0.15, 0.2) is 24.7 Å². The number of aromatic nitrogens is 3. The van der Waals surface area contributed by atoms with Gasteiger partial charge < -0.3 is 14.4 Å². The van der Waals surface area contributed by atoms with Gasteiger partial charge in [0.15, 0.2) is 0 Å². The fourth-order valence-electron chi connectivity index (χ4n) is 2.33. The maximum absolute atomic E-state index is 12.5. The lowest BCUT2D eigenvalue weighted by Crippen LogP contribution is -2.29. The predicted octanol–water partition coefficient (Wildman–Crippen LogP) is 2.42. The second-order valence-corrected chi connectivity index (χ2v) is 5.97. The SMILES string of the molecule is CCCCN(C)C(=O)c1cc(-c2cnc(N(C)C)nc2)cn1C. The normalized spacial score (nSPS) is 10.7. The van der Waals surface area contributed by atoms with Gasteiger partial charge >= 0.3 is 0 Å². The van der Waals surface area contributed by atoms with Crippen molar-refractivity contribution in [2.24, 2.45) is 7.05 Å². The summed E-state index contributed by atoms with van der Waals surface area (Å²) in [6, 6.07) is 1.90. The zero-order valence-electron chi connectivity index (χ0n) is 14.6. The van der Waals surface area contributed by atoms with E-state index in [9.17, 15) is 4.79 Å². The molecule has 0 aliphatic carbocycles. The summed E-state index contributed by atoms with van der Waals surface area (Å²) in [6.45, 7) is 2.90. The summed E-state index contributed by atoms with van der Waals surface area (Å²) >= 11 is 0. The summed E-state index contributed by atoms with van der Waals surface area (Å²) in [5.74, 6) is 0.707. The number of amides is 1. The largest absolute Gasteiger partial charge is 0.347 e. The van der Waals surface area contributed by atoms with E-state index in [-0.39, 0.29) is 5.91 Å². The summed E-state index contributed by atoms with van der Waals surface area (Å²) in [5, 5.41) is 0. The second kappa shape index (κ2) is 7.26. The van der Waals surface area contributed by atoms with Crippen LogP contribution in [-0.4, -0.2) is 53.0 Å². The molecule has 0 radical (unpaired) electrons. The molecule has 2 heterocycles. The first-order valence-corrected chi connectivity index (χ1v) is 7.85. The first-order chi connectivity index (χ1) is 10.9. The van der Waals surface area contributed by atoms with Crippen LogP contribution in [0.25, 0.3) is 11.1 Å². The minimum absolute atomic E-state index is 0.0398. The van der Waals surface area contributed by atoms with E-state index in [0.717, 1.165) is 30.5 Å². The number of aryl methyl sites for hydroxylation is 1. The molecule has 2 aromatic rings. The fourth-order valence-corrected chi connectivity index (χ4v) is 2.33. The smallest absolute Gasteiger partial charge is 0.270 e. The lowest BCUT2D eigenvalue weighted by atomic mass is 10.2. The van der Waals surface area contributed by atoms with Crippen LogP contribution in [0, 0.1) is 0 Å². The van der Waals surface area contributed by atoms with E-state index in [4.69, 9.17) is 0 Å². The molecule has 0 saturated carbocycles. The van der Waals surface area contributed by atoms with Gasteiger partial charge in [-0.15, -0.1) is 0 Å². The Bertz CT molecular complexity index is 660. The number of carbonyl (C=O) groups is 1. The fraction of sp³-hybridized carbons (Fsp3) is 0.471. The van der Waals surface area contributed by atoms with Gasteiger partial charge in [0.25, 0.3) is 5.91 Å². The Kier molecular flexibility index (Phi) is 5.36. The maximum atomic E-state index is 12.5. The van der Waals surface area contributed by atoms with Gasteiger partial charge in [0.1, 0.15) is 5.69 Å². The second-order valence-electron chi connectivity index (χ2n) is 5.97. The van der Waals surface area contributed by atoms with Crippen LogP contribution in [0.4, 0.5) is 5.95 Å². The van der Waals surface area contributed by atoms with Crippen molar-refractivity contribution in [3.8, 4) is 11.1 Å². The first kappa shape index (κ1) is 17.0. The average molecular weight is 315 g/mol. The van der Waals surface area contributed by atoms with Crippen LogP contribution in [0.1, 0.15) is 30.3 Å². The Morgan fingerprint density at radius 2 is 1.83 bits per heavy atom. The van der Waals surface area contributed by atoms with E-state index < -0.39 is 0 Å². The Morgan fingerprint density at radius 3 is 2.39 bits per heavy atom. The first-order valence-electron chi connectivity index (χ1n) is 7.85. The molecule has 0 aliphatic heterocycles. The Hall–Kier alpha value is -2.37. The molecule has 0 spiro atoms. The van der Waals surface area contributed by atoms with Crippen molar-refractivity contribution < 1.29 is 4.79 Å². The summed E-state index contributed by atoms with van der Waals surface area (Å²) in [6.07, 6.45) is 7.60. The zero-order valence-corrected chi connectivity index (χ0v) is 14.6. The Labute approximate surface area is 137 Å². The molecule has 6 heteroatoms. The maximum Gasteiger partial charge on any atom is 0.270 e. The standard InChI is InChI=1S/C17H25N5O/c1-6-7-8-21(4)16(23)15-9-13(12-22(15)5)14-10-18-17(19-11-14)20(2)3/h9-12H,6-8H2,1-5H3. The van der Waals surface area contributed by atoms with E-state index >= 15 is 0 Å². The van der Waals surface area contributed by atoms with Crippen LogP contribution in [-0.2, 0) is 7.05 Å². The van der Waals surface area contributed by atoms with Crippen molar-refractivity contribution >= 4 is 11.9 Å². The van der Waals surface area contributed by atoms with E-state index in [1.54, 1.807) is 17.3 Å². The third-order valence-electron chi connectivity index (χ3n) is 3.79. The number of hydrogen-bond donors (Lipinski definition) is 0. The summed E-state index contributed by atoms with van der Waals surface area (Å²) in [7, 11) is 7.54. The molecule has 2 rings (SSSR count).